The number of nitrogens with one attached hydrogen (secondary N) is 1. The maximum Gasteiger partial charge on any atom is 0.317 e. The van der Waals surface area contributed by atoms with E-state index in [0.29, 0.717) is 19.6 Å². The fourth-order valence-corrected chi connectivity index (χ4v) is 2.95. The first-order valence-electron chi connectivity index (χ1n) is 8.45. The summed E-state index contributed by atoms with van der Waals surface area (Å²) in [5, 5.41) is 6.88. The summed E-state index contributed by atoms with van der Waals surface area (Å²) in [6.07, 6.45) is 0. The molecule has 3 rings (SSSR count). The Morgan fingerprint density at radius 2 is 2.04 bits per heavy atom. The van der Waals surface area contributed by atoms with Crippen molar-refractivity contribution in [2.45, 2.75) is 20.0 Å². The molecule has 0 saturated carbocycles. The molecule has 134 valence electrons. The number of methoxy groups -OCH3 is 1. The molecular weight excluding hydrogens is 320 g/mol. The molecule has 2 aromatic rings. The molecule has 1 fully saturated rings. The second kappa shape index (κ2) is 8.02. The molecule has 0 unspecified atom stereocenters. The third kappa shape index (κ3) is 4.51. The molecule has 2 heterocycles. The van der Waals surface area contributed by atoms with Gasteiger partial charge < -0.3 is 19.5 Å². The van der Waals surface area contributed by atoms with Gasteiger partial charge in [0.15, 0.2) is 5.76 Å². The molecule has 7 nitrogen and oxygen atoms in total. The number of carbonyl (C=O) groups is 1. The first-order valence-corrected chi connectivity index (χ1v) is 8.45. The summed E-state index contributed by atoms with van der Waals surface area (Å²) in [6.45, 7) is 6.15. The van der Waals surface area contributed by atoms with E-state index < -0.39 is 0 Å². The lowest BCUT2D eigenvalue weighted by Crippen LogP contribution is -2.51. The summed E-state index contributed by atoms with van der Waals surface area (Å²) < 4.78 is 10.6. The van der Waals surface area contributed by atoms with Gasteiger partial charge in [-0.3, -0.25) is 4.90 Å². The van der Waals surface area contributed by atoms with Crippen LogP contribution in [0.1, 0.15) is 17.0 Å². The highest BCUT2D eigenvalue weighted by Crippen LogP contribution is 2.17. The van der Waals surface area contributed by atoms with Gasteiger partial charge in [-0.05, 0) is 13.0 Å². The van der Waals surface area contributed by atoms with Crippen molar-refractivity contribution in [3.8, 4) is 5.75 Å². The number of aryl methyl sites for hydroxylation is 1. The molecule has 1 aromatic heterocycles. The molecule has 0 radical (unpaired) electrons. The van der Waals surface area contributed by atoms with Crippen LogP contribution in [0.5, 0.6) is 5.75 Å². The first kappa shape index (κ1) is 17.3. The van der Waals surface area contributed by atoms with Crippen molar-refractivity contribution in [2.75, 3.05) is 33.3 Å². The van der Waals surface area contributed by atoms with Gasteiger partial charge in [0, 0.05) is 44.4 Å². The number of hydrogen-bond donors (Lipinski definition) is 1. The van der Waals surface area contributed by atoms with Crippen LogP contribution in [0.25, 0.3) is 0 Å². The minimum Gasteiger partial charge on any atom is -0.496 e. The molecule has 1 aromatic carbocycles. The van der Waals surface area contributed by atoms with Gasteiger partial charge in [-0.2, -0.15) is 0 Å². The number of rotatable bonds is 5. The second-order valence-corrected chi connectivity index (χ2v) is 6.17. The maximum atomic E-state index is 12.4. The zero-order valence-electron chi connectivity index (χ0n) is 14.7. The van der Waals surface area contributed by atoms with E-state index in [0.717, 1.165) is 42.4 Å². The van der Waals surface area contributed by atoms with E-state index in [-0.39, 0.29) is 6.03 Å². The molecule has 7 heteroatoms. The molecular formula is C18H24N4O3. The van der Waals surface area contributed by atoms with Crippen molar-refractivity contribution in [1.29, 1.82) is 0 Å². The highest BCUT2D eigenvalue weighted by molar-refractivity contribution is 5.74. The number of para-hydroxylation sites is 1. The van der Waals surface area contributed by atoms with E-state index in [1.165, 1.54) is 0 Å². The van der Waals surface area contributed by atoms with Crippen molar-refractivity contribution >= 4 is 6.03 Å². The first-order chi connectivity index (χ1) is 12.2. The fourth-order valence-electron chi connectivity index (χ4n) is 2.95. The van der Waals surface area contributed by atoms with Crippen molar-refractivity contribution in [1.82, 2.24) is 20.3 Å². The third-order valence-electron chi connectivity index (χ3n) is 4.34. The van der Waals surface area contributed by atoms with Crippen molar-refractivity contribution in [2.24, 2.45) is 0 Å². The van der Waals surface area contributed by atoms with Crippen LogP contribution >= 0.6 is 0 Å². The summed E-state index contributed by atoms with van der Waals surface area (Å²) >= 11 is 0. The van der Waals surface area contributed by atoms with Crippen molar-refractivity contribution in [3.05, 3.63) is 47.3 Å². The summed E-state index contributed by atoms with van der Waals surface area (Å²) in [4.78, 5) is 16.5. The lowest BCUT2D eigenvalue weighted by molar-refractivity contribution is 0.127. The Bertz CT molecular complexity index is 708. The van der Waals surface area contributed by atoms with Crippen molar-refractivity contribution in [3.63, 3.8) is 0 Å². The lowest BCUT2D eigenvalue weighted by atomic mass is 10.2. The molecule has 0 atom stereocenters. The average molecular weight is 344 g/mol. The van der Waals surface area contributed by atoms with E-state index >= 15 is 0 Å². The standard InChI is InChI=1S/C18H24N4O3/c1-14-11-16(25-20-14)13-21-7-9-22(10-8-21)18(23)19-12-15-5-3-4-6-17(15)24-2/h3-6,11H,7-10,12-13H2,1-2H3,(H,19,23). The van der Waals surface area contributed by atoms with E-state index in [9.17, 15) is 4.79 Å². The molecule has 2 amide bonds. The van der Waals surface area contributed by atoms with Crippen LogP contribution in [-0.4, -0.2) is 54.3 Å². The SMILES string of the molecule is COc1ccccc1CNC(=O)N1CCN(Cc2cc(C)no2)CC1. The number of urea groups is 1. The van der Waals surface area contributed by atoms with Crippen molar-refractivity contribution < 1.29 is 14.1 Å². The Morgan fingerprint density at radius 3 is 2.72 bits per heavy atom. The van der Waals surface area contributed by atoms with E-state index in [1.807, 2.05) is 42.2 Å². The largest absolute Gasteiger partial charge is 0.496 e. The molecule has 1 saturated heterocycles. The van der Waals surface area contributed by atoms with Crippen LogP contribution < -0.4 is 10.1 Å². The minimum atomic E-state index is -0.0407. The van der Waals surface area contributed by atoms with Crippen LogP contribution in [0, 0.1) is 6.92 Å². The molecule has 1 aliphatic rings. The third-order valence-corrected chi connectivity index (χ3v) is 4.34. The number of hydrogen-bond acceptors (Lipinski definition) is 5. The molecule has 1 aliphatic heterocycles. The zero-order valence-corrected chi connectivity index (χ0v) is 14.7. The van der Waals surface area contributed by atoms with Gasteiger partial charge in [0.25, 0.3) is 0 Å². The normalized spacial score (nSPS) is 15.2. The van der Waals surface area contributed by atoms with Gasteiger partial charge in [-0.1, -0.05) is 23.4 Å². The van der Waals surface area contributed by atoms with Gasteiger partial charge in [0.1, 0.15) is 5.75 Å². The number of piperazine rings is 1. The summed E-state index contributed by atoms with van der Waals surface area (Å²) in [6, 6.07) is 9.61. The summed E-state index contributed by atoms with van der Waals surface area (Å²) in [5.74, 6) is 1.65. The monoisotopic (exact) mass is 344 g/mol. The van der Waals surface area contributed by atoms with Crippen LogP contribution in [0.4, 0.5) is 4.79 Å². The molecule has 25 heavy (non-hydrogen) atoms. The highest BCUT2D eigenvalue weighted by Gasteiger charge is 2.22. The minimum absolute atomic E-state index is 0.0407. The average Bonchev–Trinajstić information content (AvgIpc) is 3.05. The van der Waals surface area contributed by atoms with Crippen LogP contribution in [0.3, 0.4) is 0 Å². The van der Waals surface area contributed by atoms with E-state index in [4.69, 9.17) is 9.26 Å². The Kier molecular flexibility index (Phi) is 5.55. The topological polar surface area (TPSA) is 70.8 Å². The Morgan fingerprint density at radius 1 is 1.28 bits per heavy atom. The number of carbonyl (C=O) groups excluding carboxylic acids is 1. The Balaban J connectivity index is 1.45. The number of benzene rings is 1. The van der Waals surface area contributed by atoms with Crippen LogP contribution in [0.2, 0.25) is 0 Å². The molecule has 0 aliphatic carbocycles. The highest BCUT2D eigenvalue weighted by atomic mass is 16.5. The van der Waals surface area contributed by atoms with E-state index in [1.54, 1.807) is 7.11 Å². The quantitative estimate of drug-likeness (QED) is 0.898. The smallest absolute Gasteiger partial charge is 0.317 e. The van der Waals surface area contributed by atoms with Gasteiger partial charge in [-0.25, -0.2) is 4.79 Å². The number of aromatic nitrogens is 1. The number of amides is 2. The van der Waals surface area contributed by atoms with E-state index in [2.05, 4.69) is 15.4 Å². The molecule has 0 spiro atoms. The predicted octanol–water partition coefficient (Wildman–Crippen LogP) is 2.02. The number of nitrogens with zero attached hydrogens (tertiary/aromatic N) is 3. The number of ether oxygens (including phenoxy) is 1. The lowest BCUT2D eigenvalue weighted by Gasteiger charge is -2.34. The Hall–Kier alpha value is -2.54. The summed E-state index contributed by atoms with van der Waals surface area (Å²) in [7, 11) is 1.63. The second-order valence-electron chi connectivity index (χ2n) is 6.17. The summed E-state index contributed by atoms with van der Waals surface area (Å²) in [5.41, 5.74) is 1.86. The maximum absolute atomic E-state index is 12.4. The van der Waals surface area contributed by atoms with Gasteiger partial charge in [0.2, 0.25) is 0 Å². The molecule has 1 N–H and O–H groups in total. The fraction of sp³-hybridized carbons (Fsp3) is 0.444. The van der Waals surface area contributed by atoms with Crippen LogP contribution in [0.15, 0.2) is 34.9 Å². The van der Waals surface area contributed by atoms with Gasteiger partial charge in [-0.15, -0.1) is 0 Å². The predicted molar refractivity (Wildman–Crippen MR) is 93.3 cm³/mol. The van der Waals surface area contributed by atoms with Gasteiger partial charge in [0.05, 0.1) is 19.3 Å². The Labute approximate surface area is 147 Å². The zero-order chi connectivity index (χ0) is 17.6. The van der Waals surface area contributed by atoms with Crippen LogP contribution in [-0.2, 0) is 13.1 Å². The van der Waals surface area contributed by atoms with Gasteiger partial charge >= 0.3 is 6.03 Å². The molecule has 0 bridgehead atoms.